The van der Waals surface area contributed by atoms with Crippen LogP contribution in [0.4, 0.5) is 10.5 Å². The summed E-state index contributed by atoms with van der Waals surface area (Å²) in [5.74, 6) is -1.34. The summed E-state index contributed by atoms with van der Waals surface area (Å²) >= 11 is 0. The third-order valence-electron chi connectivity index (χ3n) is 4.82. The van der Waals surface area contributed by atoms with E-state index >= 15 is 0 Å². The Hall–Kier alpha value is -3.93. The Labute approximate surface area is 168 Å². The van der Waals surface area contributed by atoms with Gasteiger partial charge in [0.1, 0.15) is 5.57 Å². The van der Waals surface area contributed by atoms with E-state index in [1.165, 1.54) is 6.08 Å². The maximum Gasteiger partial charge on any atom is 0.335 e. The van der Waals surface area contributed by atoms with Crippen LogP contribution < -0.4 is 10.2 Å². The van der Waals surface area contributed by atoms with Crippen LogP contribution in [0.3, 0.4) is 0 Å². The van der Waals surface area contributed by atoms with Crippen LogP contribution in [-0.2, 0) is 16.0 Å². The summed E-state index contributed by atoms with van der Waals surface area (Å²) in [6.07, 6.45) is 4.01. The monoisotopic (exact) mass is 385 g/mol. The molecule has 0 unspecified atom stereocenters. The molecule has 1 aliphatic heterocycles. The second-order valence-corrected chi connectivity index (χ2v) is 6.58. The topological polar surface area (TPSA) is 71.4 Å². The lowest BCUT2D eigenvalue weighted by Crippen LogP contribution is -2.54. The second kappa shape index (κ2) is 7.59. The molecule has 144 valence electrons. The van der Waals surface area contributed by atoms with E-state index in [0.717, 1.165) is 16.2 Å². The van der Waals surface area contributed by atoms with Gasteiger partial charge in [-0.3, -0.25) is 14.9 Å². The van der Waals surface area contributed by atoms with Gasteiger partial charge in [0.15, 0.2) is 0 Å². The summed E-state index contributed by atoms with van der Waals surface area (Å²) in [4.78, 5) is 39.1. The maximum absolute atomic E-state index is 13.2. The van der Waals surface area contributed by atoms with Crippen LogP contribution in [0.15, 0.2) is 78.5 Å². The Bertz CT molecular complexity index is 1130. The van der Waals surface area contributed by atoms with Crippen molar-refractivity contribution in [3.63, 3.8) is 0 Å². The molecule has 1 saturated heterocycles. The van der Waals surface area contributed by atoms with Crippen molar-refractivity contribution in [2.45, 2.75) is 13.3 Å². The number of urea groups is 1. The highest BCUT2D eigenvalue weighted by Gasteiger charge is 2.37. The lowest BCUT2D eigenvalue weighted by Gasteiger charge is -2.28. The van der Waals surface area contributed by atoms with Crippen molar-refractivity contribution in [2.75, 3.05) is 4.90 Å². The van der Waals surface area contributed by atoms with Gasteiger partial charge in [-0.15, -0.1) is 0 Å². The zero-order chi connectivity index (χ0) is 20.4. The molecule has 0 atom stereocenters. The first-order valence-corrected chi connectivity index (χ1v) is 9.32. The van der Waals surface area contributed by atoms with Crippen LogP contribution in [0.25, 0.3) is 11.8 Å². The quantitative estimate of drug-likeness (QED) is 0.550. The van der Waals surface area contributed by atoms with E-state index in [4.69, 9.17) is 0 Å². The van der Waals surface area contributed by atoms with Gasteiger partial charge in [-0.2, -0.15) is 0 Å². The minimum Gasteiger partial charge on any atom is -0.317 e. The average molecular weight is 385 g/mol. The number of hydrogen-bond donors (Lipinski definition) is 1. The molecule has 1 N–H and O–H groups in total. The van der Waals surface area contributed by atoms with Gasteiger partial charge in [-0.1, -0.05) is 43.3 Å². The number of carbonyl (C=O) groups is 3. The van der Waals surface area contributed by atoms with Gasteiger partial charge in [0, 0.05) is 17.6 Å². The smallest absolute Gasteiger partial charge is 0.317 e. The van der Waals surface area contributed by atoms with Gasteiger partial charge < -0.3 is 4.57 Å². The highest BCUT2D eigenvalue weighted by molar-refractivity contribution is 6.39. The number of para-hydroxylation sites is 2. The second-order valence-electron chi connectivity index (χ2n) is 6.58. The van der Waals surface area contributed by atoms with Gasteiger partial charge in [0.05, 0.1) is 5.69 Å². The molecule has 1 aromatic heterocycles. The fourth-order valence-electron chi connectivity index (χ4n) is 3.39. The average Bonchev–Trinajstić information content (AvgIpc) is 3.20. The summed E-state index contributed by atoms with van der Waals surface area (Å²) in [7, 11) is 0. The zero-order valence-corrected chi connectivity index (χ0v) is 15.8. The third-order valence-corrected chi connectivity index (χ3v) is 4.82. The largest absolute Gasteiger partial charge is 0.335 e. The molecule has 0 radical (unpaired) electrons. The molecule has 1 fully saturated rings. The molecule has 6 heteroatoms. The Morgan fingerprint density at radius 3 is 2.38 bits per heavy atom. The minimum absolute atomic E-state index is 0.0913. The Balaban J connectivity index is 1.77. The number of barbiturate groups is 1. The first kappa shape index (κ1) is 18.4. The van der Waals surface area contributed by atoms with Crippen molar-refractivity contribution < 1.29 is 14.4 Å². The van der Waals surface area contributed by atoms with E-state index in [0.29, 0.717) is 17.8 Å². The number of aryl methyl sites for hydroxylation is 1. The van der Waals surface area contributed by atoms with Crippen molar-refractivity contribution in [1.29, 1.82) is 0 Å². The number of rotatable bonds is 4. The summed E-state index contributed by atoms with van der Waals surface area (Å²) < 4.78 is 1.87. The molecular weight excluding hydrogens is 366 g/mol. The molecule has 0 aliphatic carbocycles. The number of nitrogens with zero attached hydrogens (tertiary/aromatic N) is 2. The fraction of sp³-hybridized carbons (Fsp3) is 0.0870. The van der Waals surface area contributed by atoms with Gasteiger partial charge >= 0.3 is 6.03 Å². The van der Waals surface area contributed by atoms with Crippen LogP contribution in [0.5, 0.6) is 0 Å². The van der Waals surface area contributed by atoms with Gasteiger partial charge in [0.2, 0.25) is 0 Å². The molecule has 2 aromatic carbocycles. The van der Waals surface area contributed by atoms with Crippen molar-refractivity contribution >= 4 is 29.6 Å². The SMILES string of the molecule is CCc1ccccc1N1C(=O)NC(=O)/C(=C\c2cccn2-c2ccccc2)C1=O. The molecule has 0 bridgehead atoms. The van der Waals surface area contributed by atoms with Gasteiger partial charge in [0.25, 0.3) is 11.8 Å². The number of anilines is 1. The van der Waals surface area contributed by atoms with E-state index in [1.54, 1.807) is 18.2 Å². The zero-order valence-electron chi connectivity index (χ0n) is 15.8. The summed E-state index contributed by atoms with van der Waals surface area (Å²) in [5, 5.41) is 2.28. The van der Waals surface area contributed by atoms with Crippen molar-refractivity contribution in [1.82, 2.24) is 9.88 Å². The first-order chi connectivity index (χ1) is 14.1. The summed E-state index contributed by atoms with van der Waals surface area (Å²) in [5.41, 5.74) is 2.79. The van der Waals surface area contributed by atoms with Crippen LogP contribution >= 0.6 is 0 Å². The number of benzene rings is 2. The molecule has 1 aliphatic rings. The van der Waals surface area contributed by atoms with Crippen LogP contribution in [0, 0.1) is 0 Å². The van der Waals surface area contributed by atoms with Crippen molar-refractivity contribution in [3.8, 4) is 5.69 Å². The Morgan fingerprint density at radius 2 is 1.62 bits per heavy atom. The first-order valence-electron chi connectivity index (χ1n) is 9.32. The molecule has 2 heterocycles. The molecule has 3 aromatic rings. The lowest BCUT2D eigenvalue weighted by molar-refractivity contribution is -0.122. The normalized spacial score (nSPS) is 15.7. The third kappa shape index (κ3) is 3.36. The number of carbonyl (C=O) groups excluding carboxylic acids is 3. The standard InChI is InChI=1S/C23H19N3O3/c1-2-16-9-6-7-13-20(16)26-22(28)19(21(27)24-23(26)29)15-18-12-8-14-25(18)17-10-4-3-5-11-17/h3-15H,2H2,1H3,(H,24,27,29)/b19-15+. The molecule has 6 nitrogen and oxygen atoms in total. The maximum atomic E-state index is 13.2. The molecule has 0 spiro atoms. The van der Waals surface area contributed by atoms with Gasteiger partial charge in [-0.25, -0.2) is 9.69 Å². The highest BCUT2D eigenvalue weighted by atomic mass is 16.2. The van der Waals surface area contributed by atoms with Crippen LogP contribution in [0.2, 0.25) is 0 Å². The number of hydrogen-bond acceptors (Lipinski definition) is 3. The Morgan fingerprint density at radius 1 is 0.897 bits per heavy atom. The van der Waals surface area contributed by atoms with E-state index in [2.05, 4.69) is 5.32 Å². The van der Waals surface area contributed by atoms with Crippen LogP contribution in [-0.4, -0.2) is 22.4 Å². The highest BCUT2D eigenvalue weighted by Crippen LogP contribution is 2.26. The Kier molecular flexibility index (Phi) is 4.83. The number of nitrogens with one attached hydrogen (secondary N) is 1. The molecule has 4 amide bonds. The predicted molar refractivity (Wildman–Crippen MR) is 111 cm³/mol. The van der Waals surface area contributed by atoms with Crippen molar-refractivity contribution in [2.24, 2.45) is 0 Å². The summed E-state index contributed by atoms with van der Waals surface area (Å²) in [6.45, 7) is 1.94. The fourth-order valence-corrected chi connectivity index (χ4v) is 3.39. The number of imide groups is 2. The number of amides is 4. The summed E-state index contributed by atoms with van der Waals surface area (Å²) in [6, 6.07) is 19.7. The molecule has 0 saturated carbocycles. The molecule has 29 heavy (non-hydrogen) atoms. The van der Waals surface area contributed by atoms with E-state index in [1.807, 2.05) is 66.2 Å². The predicted octanol–water partition coefficient (Wildman–Crippen LogP) is 3.71. The van der Waals surface area contributed by atoms with E-state index in [-0.39, 0.29) is 5.57 Å². The minimum atomic E-state index is -0.739. The van der Waals surface area contributed by atoms with E-state index in [9.17, 15) is 14.4 Å². The lowest BCUT2D eigenvalue weighted by atomic mass is 10.1. The van der Waals surface area contributed by atoms with Crippen molar-refractivity contribution in [3.05, 3.63) is 89.8 Å². The van der Waals surface area contributed by atoms with E-state index < -0.39 is 17.8 Å². The number of aromatic nitrogens is 1. The van der Waals surface area contributed by atoms with Gasteiger partial charge in [-0.05, 0) is 48.4 Å². The van der Waals surface area contributed by atoms with Crippen LogP contribution in [0.1, 0.15) is 18.2 Å². The molecule has 4 rings (SSSR count). The molecular formula is C23H19N3O3.